The Balaban J connectivity index is 1.52. The van der Waals surface area contributed by atoms with Crippen molar-refractivity contribution in [3.05, 3.63) is 41.2 Å². The molecule has 7 nitrogen and oxygen atoms in total. The summed E-state index contributed by atoms with van der Waals surface area (Å²) in [4.78, 5) is 18.0. The minimum absolute atomic E-state index is 0.0581. The van der Waals surface area contributed by atoms with Crippen LogP contribution < -0.4 is 4.74 Å². The first kappa shape index (κ1) is 17.7. The van der Waals surface area contributed by atoms with Gasteiger partial charge in [0.2, 0.25) is 0 Å². The highest BCUT2D eigenvalue weighted by atomic mass is 16.5. The minimum Gasteiger partial charge on any atom is -0.497 e. The molecule has 7 heteroatoms. The summed E-state index contributed by atoms with van der Waals surface area (Å²) in [6.45, 7) is 5.04. The molecule has 148 valence electrons. The zero-order valence-corrected chi connectivity index (χ0v) is 16.3. The lowest BCUT2D eigenvalue weighted by Gasteiger charge is -2.31. The van der Waals surface area contributed by atoms with Crippen LogP contribution in [-0.4, -0.2) is 71.4 Å². The Bertz CT molecular complexity index is 869. The van der Waals surface area contributed by atoms with Gasteiger partial charge in [0.15, 0.2) is 5.69 Å². The first-order valence-electron chi connectivity index (χ1n) is 10.1. The Morgan fingerprint density at radius 1 is 1.14 bits per heavy atom. The normalized spacial score (nSPS) is 24.0. The number of hydrogen-bond donors (Lipinski definition) is 0. The van der Waals surface area contributed by atoms with E-state index in [-0.39, 0.29) is 5.91 Å². The van der Waals surface area contributed by atoms with Crippen LogP contribution in [0.15, 0.2) is 24.3 Å². The van der Waals surface area contributed by atoms with Gasteiger partial charge < -0.3 is 19.3 Å². The summed E-state index contributed by atoms with van der Waals surface area (Å²) in [5.74, 6) is 0.863. The molecule has 1 aromatic heterocycles. The number of carbonyl (C=O) groups is 1. The zero-order valence-electron chi connectivity index (χ0n) is 16.3. The molecular weight excluding hydrogens is 356 g/mol. The molecule has 0 radical (unpaired) electrons. The number of piperidine rings is 1. The van der Waals surface area contributed by atoms with E-state index in [1.54, 1.807) is 7.11 Å². The van der Waals surface area contributed by atoms with Gasteiger partial charge in [-0.2, -0.15) is 5.10 Å². The molecule has 4 aliphatic heterocycles. The second-order valence-electron chi connectivity index (χ2n) is 7.76. The highest BCUT2D eigenvalue weighted by molar-refractivity contribution is 5.94. The predicted octanol–water partition coefficient (Wildman–Crippen LogP) is 1.87. The fourth-order valence-corrected chi connectivity index (χ4v) is 4.64. The smallest absolute Gasteiger partial charge is 0.275 e. The monoisotopic (exact) mass is 382 g/mol. The number of fused-ring (bicyclic) bond motifs is 5. The van der Waals surface area contributed by atoms with E-state index in [9.17, 15) is 4.79 Å². The third-order valence-electron chi connectivity index (χ3n) is 6.25. The van der Waals surface area contributed by atoms with E-state index in [0.717, 1.165) is 68.1 Å². The SMILES string of the molecule is COc1ccc(-n2nc(C(=O)N3CCN4CCC3CC4)c3c2CCOC3)cc1. The molecule has 0 unspecified atom stereocenters. The second kappa shape index (κ2) is 7.22. The summed E-state index contributed by atoms with van der Waals surface area (Å²) in [5.41, 5.74) is 3.54. The van der Waals surface area contributed by atoms with Crippen molar-refractivity contribution in [3.8, 4) is 11.4 Å². The number of hydrogen-bond acceptors (Lipinski definition) is 5. The number of nitrogens with zero attached hydrogens (tertiary/aromatic N) is 4. The van der Waals surface area contributed by atoms with Gasteiger partial charge in [-0.15, -0.1) is 0 Å². The van der Waals surface area contributed by atoms with Crippen LogP contribution in [0.3, 0.4) is 0 Å². The summed E-state index contributed by atoms with van der Waals surface area (Å²) in [5, 5.41) is 4.80. The Hall–Kier alpha value is -2.38. The highest BCUT2D eigenvalue weighted by Gasteiger charge is 2.35. The van der Waals surface area contributed by atoms with Crippen LogP contribution in [0.1, 0.15) is 34.6 Å². The van der Waals surface area contributed by atoms with Crippen LogP contribution in [-0.2, 0) is 17.8 Å². The first-order valence-corrected chi connectivity index (χ1v) is 10.1. The lowest BCUT2D eigenvalue weighted by molar-refractivity contribution is 0.0667. The van der Waals surface area contributed by atoms with E-state index in [1.165, 1.54) is 0 Å². The van der Waals surface area contributed by atoms with E-state index >= 15 is 0 Å². The van der Waals surface area contributed by atoms with Crippen LogP contribution in [0.25, 0.3) is 5.69 Å². The molecule has 6 rings (SSSR count). The average Bonchev–Trinajstić information content (AvgIpc) is 2.88. The number of amides is 1. The van der Waals surface area contributed by atoms with Gasteiger partial charge in [-0.25, -0.2) is 4.68 Å². The van der Waals surface area contributed by atoms with Crippen molar-refractivity contribution in [2.24, 2.45) is 0 Å². The van der Waals surface area contributed by atoms with Crippen molar-refractivity contribution >= 4 is 5.91 Å². The zero-order chi connectivity index (χ0) is 19.1. The van der Waals surface area contributed by atoms with Crippen molar-refractivity contribution in [1.82, 2.24) is 19.6 Å². The van der Waals surface area contributed by atoms with Gasteiger partial charge in [0, 0.05) is 44.2 Å². The quantitative estimate of drug-likeness (QED) is 0.811. The van der Waals surface area contributed by atoms with Gasteiger partial charge in [-0.05, 0) is 37.1 Å². The maximum atomic E-state index is 13.5. The third kappa shape index (κ3) is 2.99. The van der Waals surface area contributed by atoms with E-state index in [1.807, 2.05) is 28.9 Å². The van der Waals surface area contributed by atoms with Crippen LogP contribution in [0.2, 0.25) is 0 Å². The molecule has 1 amide bonds. The summed E-state index contributed by atoms with van der Waals surface area (Å²) >= 11 is 0. The van der Waals surface area contributed by atoms with Gasteiger partial charge >= 0.3 is 0 Å². The van der Waals surface area contributed by atoms with Gasteiger partial charge in [-0.1, -0.05) is 0 Å². The lowest BCUT2D eigenvalue weighted by atomic mass is 10.0. The number of aromatic nitrogens is 2. The van der Waals surface area contributed by atoms with Gasteiger partial charge in [0.05, 0.1) is 31.7 Å². The molecule has 5 heterocycles. The molecule has 2 aromatic rings. The number of methoxy groups -OCH3 is 1. The second-order valence-corrected chi connectivity index (χ2v) is 7.76. The van der Waals surface area contributed by atoms with Crippen LogP contribution in [0.5, 0.6) is 5.75 Å². The van der Waals surface area contributed by atoms with Crippen molar-refractivity contribution in [2.45, 2.75) is 31.9 Å². The Labute approximate surface area is 164 Å². The molecule has 0 aliphatic carbocycles. The van der Waals surface area contributed by atoms with Crippen molar-refractivity contribution < 1.29 is 14.3 Å². The number of carbonyl (C=O) groups excluding carboxylic acids is 1. The average molecular weight is 382 g/mol. The Kier molecular flexibility index (Phi) is 4.56. The summed E-state index contributed by atoms with van der Waals surface area (Å²) in [7, 11) is 1.66. The summed E-state index contributed by atoms with van der Waals surface area (Å²) in [6, 6.07) is 8.14. The van der Waals surface area contributed by atoms with Gasteiger partial charge in [0.1, 0.15) is 5.75 Å². The van der Waals surface area contributed by atoms with Crippen LogP contribution in [0, 0.1) is 0 Å². The molecule has 3 fully saturated rings. The van der Waals surface area contributed by atoms with E-state index in [2.05, 4.69) is 9.80 Å². The number of benzene rings is 1. The number of ether oxygens (including phenoxy) is 2. The standard InChI is InChI=1S/C21H26N4O3/c1-27-17-4-2-16(3-5-17)25-19-8-13-28-14-18(19)20(22-25)21(26)24-12-11-23-9-6-15(24)7-10-23/h2-5,15H,6-14H2,1H3. The molecule has 0 spiro atoms. The van der Waals surface area contributed by atoms with Crippen LogP contribution >= 0.6 is 0 Å². The van der Waals surface area contributed by atoms with Crippen molar-refractivity contribution in [1.29, 1.82) is 0 Å². The minimum atomic E-state index is 0.0581. The molecule has 3 saturated heterocycles. The fraction of sp³-hybridized carbons (Fsp3) is 0.524. The highest BCUT2D eigenvalue weighted by Crippen LogP contribution is 2.28. The van der Waals surface area contributed by atoms with Crippen molar-refractivity contribution in [3.63, 3.8) is 0 Å². The molecule has 28 heavy (non-hydrogen) atoms. The van der Waals surface area contributed by atoms with E-state index in [0.29, 0.717) is 24.9 Å². The Morgan fingerprint density at radius 3 is 2.68 bits per heavy atom. The molecule has 2 bridgehead atoms. The van der Waals surface area contributed by atoms with Crippen LogP contribution in [0.4, 0.5) is 0 Å². The van der Waals surface area contributed by atoms with Crippen molar-refractivity contribution in [2.75, 3.05) is 39.9 Å². The first-order chi connectivity index (χ1) is 13.7. The summed E-state index contributed by atoms with van der Waals surface area (Å²) < 4.78 is 12.9. The molecule has 0 saturated carbocycles. The Morgan fingerprint density at radius 2 is 1.93 bits per heavy atom. The lowest BCUT2D eigenvalue weighted by Crippen LogP contribution is -2.42. The topological polar surface area (TPSA) is 59.8 Å². The maximum Gasteiger partial charge on any atom is 0.275 e. The van der Waals surface area contributed by atoms with Gasteiger partial charge in [0.25, 0.3) is 5.91 Å². The largest absolute Gasteiger partial charge is 0.497 e. The molecule has 0 N–H and O–H groups in total. The molecule has 4 aliphatic rings. The van der Waals surface area contributed by atoms with E-state index in [4.69, 9.17) is 14.6 Å². The number of rotatable bonds is 3. The fourth-order valence-electron chi connectivity index (χ4n) is 4.64. The molecular formula is C21H26N4O3. The summed E-state index contributed by atoms with van der Waals surface area (Å²) in [6.07, 6.45) is 2.88. The van der Waals surface area contributed by atoms with Gasteiger partial charge in [-0.3, -0.25) is 4.79 Å². The molecule has 0 atom stereocenters. The molecule has 1 aromatic carbocycles. The maximum absolute atomic E-state index is 13.5. The predicted molar refractivity (Wildman–Crippen MR) is 104 cm³/mol. The van der Waals surface area contributed by atoms with E-state index < -0.39 is 0 Å². The third-order valence-corrected chi connectivity index (χ3v) is 6.25.